The highest BCUT2D eigenvalue weighted by Crippen LogP contribution is 2.27. The Kier molecular flexibility index (Phi) is 3.06. The van der Waals surface area contributed by atoms with E-state index in [9.17, 15) is 0 Å². The number of aromatic nitrogens is 2. The van der Waals surface area contributed by atoms with Crippen LogP contribution in [0.2, 0.25) is 0 Å². The number of rotatable bonds is 2. The predicted molar refractivity (Wildman–Crippen MR) is 64.3 cm³/mol. The maximum absolute atomic E-state index is 6.02. The van der Waals surface area contributed by atoms with Gasteiger partial charge in [-0.05, 0) is 37.9 Å². The zero-order chi connectivity index (χ0) is 10.1. The van der Waals surface area contributed by atoms with Crippen molar-refractivity contribution in [3.05, 3.63) is 37.4 Å². The van der Waals surface area contributed by atoms with E-state index in [1.165, 1.54) is 0 Å². The van der Waals surface area contributed by atoms with Crippen molar-refractivity contribution in [2.75, 3.05) is 0 Å². The summed E-state index contributed by atoms with van der Waals surface area (Å²) in [6.07, 6.45) is 1.71. The van der Waals surface area contributed by atoms with Crippen LogP contribution in [-0.2, 0) is 0 Å². The summed E-state index contributed by atoms with van der Waals surface area (Å²) in [6.45, 7) is 0. The van der Waals surface area contributed by atoms with Gasteiger partial charge in [0.2, 0.25) is 0 Å². The van der Waals surface area contributed by atoms with Crippen molar-refractivity contribution < 1.29 is 0 Å². The second kappa shape index (κ2) is 4.14. The number of hydrogen-bond acceptors (Lipinski definition) is 3. The lowest BCUT2D eigenvalue weighted by atomic mass is 10.2. The van der Waals surface area contributed by atoms with Gasteiger partial charge in [0.05, 0.1) is 12.2 Å². The van der Waals surface area contributed by atoms with Crippen LogP contribution in [0.4, 0.5) is 0 Å². The molecule has 0 aliphatic rings. The Bertz CT molecular complexity index is 397. The lowest BCUT2D eigenvalue weighted by molar-refractivity contribution is 0.815. The third kappa shape index (κ3) is 2.08. The number of halogens is 2. The maximum atomic E-state index is 6.02. The number of thiophene rings is 1. The lowest BCUT2D eigenvalue weighted by Crippen LogP contribution is -2.11. The molecule has 0 saturated carbocycles. The largest absolute Gasteiger partial charge is 0.335 e. The number of hydrogen-bond donors (Lipinski definition) is 2. The Morgan fingerprint density at radius 3 is 2.79 bits per heavy atom. The molecule has 0 saturated heterocycles. The maximum Gasteiger partial charge on any atom is 0.129 e. The molecule has 0 fully saturated rings. The summed E-state index contributed by atoms with van der Waals surface area (Å²) in [5, 5.41) is 2.01. The molecule has 2 rings (SSSR count). The van der Waals surface area contributed by atoms with Gasteiger partial charge in [-0.3, -0.25) is 0 Å². The summed E-state index contributed by atoms with van der Waals surface area (Å²) in [6, 6.07) is 1.82. The van der Waals surface area contributed by atoms with Crippen LogP contribution in [0.25, 0.3) is 0 Å². The van der Waals surface area contributed by atoms with Crippen LogP contribution in [0.5, 0.6) is 0 Å². The first kappa shape index (κ1) is 10.4. The predicted octanol–water partition coefficient (Wildman–Crippen LogP) is 3.04. The fourth-order valence-electron chi connectivity index (χ4n) is 1.10. The van der Waals surface area contributed by atoms with Gasteiger partial charge in [-0.25, -0.2) is 4.98 Å². The summed E-state index contributed by atoms with van der Waals surface area (Å²) < 4.78 is 1.90. The van der Waals surface area contributed by atoms with Crippen LogP contribution in [0, 0.1) is 0 Å². The van der Waals surface area contributed by atoms with Gasteiger partial charge in [0, 0.05) is 14.7 Å². The number of imidazole rings is 1. The first-order chi connectivity index (χ1) is 6.66. The van der Waals surface area contributed by atoms with Crippen molar-refractivity contribution in [2.24, 2.45) is 5.73 Å². The number of aromatic amines is 1. The molecule has 14 heavy (non-hydrogen) atoms. The number of nitrogens with one attached hydrogen (secondary N) is 1. The van der Waals surface area contributed by atoms with E-state index >= 15 is 0 Å². The molecule has 2 aromatic heterocycles. The highest BCUT2D eigenvalue weighted by molar-refractivity contribution is 9.10. The molecule has 0 aromatic carbocycles. The second-order valence-corrected chi connectivity index (χ2v) is 5.47. The number of H-pyrrole nitrogens is 1. The summed E-state index contributed by atoms with van der Waals surface area (Å²) in [7, 11) is 0. The highest BCUT2D eigenvalue weighted by Gasteiger charge is 2.13. The molecule has 2 aromatic rings. The van der Waals surface area contributed by atoms with Gasteiger partial charge < -0.3 is 10.7 Å². The Hall–Kier alpha value is -0.170. The molecule has 0 amide bonds. The molecule has 0 spiro atoms. The topological polar surface area (TPSA) is 54.7 Å². The summed E-state index contributed by atoms with van der Waals surface area (Å²) in [5.41, 5.74) is 6.02. The summed E-state index contributed by atoms with van der Waals surface area (Å²) >= 11 is 8.31. The molecule has 0 radical (unpaired) electrons. The number of nitrogens with zero attached hydrogens (tertiary/aromatic N) is 1. The summed E-state index contributed by atoms with van der Waals surface area (Å²) in [4.78, 5) is 8.30. The van der Waals surface area contributed by atoms with Gasteiger partial charge in [-0.15, -0.1) is 11.3 Å². The molecule has 1 unspecified atom stereocenters. The van der Waals surface area contributed by atoms with E-state index in [0.29, 0.717) is 0 Å². The Morgan fingerprint density at radius 1 is 1.50 bits per heavy atom. The van der Waals surface area contributed by atoms with Crippen molar-refractivity contribution in [3.8, 4) is 0 Å². The van der Waals surface area contributed by atoms with Gasteiger partial charge in [0.1, 0.15) is 10.4 Å². The number of nitrogens with two attached hydrogens (primary N) is 1. The zero-order valence-electron chi connectivity index (χ0n) is 7.00. The van der Waals surface area contributed by atoms with Crippen LogP contribution in [-0.4, -0.2) is 9.97 Å². The zero-order valence-corrected chi connectivity index (χ0v) is 11.0. The summed E-state index contributed by atoms with van der Waals surface area (Å²) in [5.74, 6) is 0.770. The van der Waals surface area contributed by atoms with Crippen LogP contribution in [0.3, 0.4) is 0 Å². The van der Waals surface area contributed by atoms with Crippen molar-refractivity contribution >= 4 is 43.2 Å². The molecule has 74 valence electrons. The minimum atomic E-state index is -0.183. The molecule has 0 aliphatic carbocycles. The van der Waals surface area contributed by atoms with E-state index < -0.39 is 0 Å². The molecule has 6 heteroatoms. The van der Waals surface area contributed by atoms with Crippen LogP contribution in [0.1, 0.15) is 16.7 Å². The van der Waals surface area contributed by atoms with E-state index in [2.05, 4.69) is 41.8 Å². The Morgan fingerprint density at radius 2 is 2.29 bits per heavy atom. The van der Waals surface area contributed by atoms with Gasteiger partial charge in [-0.2, -0.15) is 0 Å². The smallest absolute Gasteiger partial charge is 0.129 e. The fourth-order valence-corrected chi connectivity index (χ4v) is 2.85. The molecule has 3 nitrogen and oxygen atoms in total. The van der Waals surface area contributed by atoms with Crippen LogP contribution in [0.15, 0.2) is 26.7 Å². The Balaban J connectivity index is 2.28. The van der Waals surface area contributed by atoms with Crippen LogP contribution >= 0.6 is 43.2 Å². The minimum Gasteiger partial charge on any atom is -0.335 e. The Labute approximate surface area is 102 Å². The van der Waals surface area contributed by atoms with Crippen molar-refractivity contribution in [1.82, 2.24) is 9.97 Å². The van der Waals surface area contributed by atoms with Crippen LogP contribution < -0.4 is 5.73 Å². The molecular formula is C8H7Br2N3S. The molecule has 0 aliphatic heterocycles. The molecule has 0 bridgehead atoms. The second-order valence-electron chi connectivity index (χ2n) is 2.76. The van der Waals surface area contributed by atoms with Gasteiger partial charge in [0.25, 0.3) is 0 Å². The molecule has 3 N–H and O–H groups in total. The van der Waals surface area contributed by atoms with Gasteiger partial charge in [0.15, 0.2) is 0 Å². The van der Waals surface area contributed by atoms with Gasteiger partial charge in [-0.1, -0.05) is 0 Å². The average molecular weight is 337 g/mol. The van der Waals surface area contributed by atoms with E-state index in [1.807, 2.05) is 11.4 Å². The van der Waals surface area contributed by atoms with Gasteiger partial charge >= 0.3 is 0 Å². The quantitative estimate of drug-likeness (QED) is 0.885. The average Bonchev–Trinajstić information content (AvgIpc) is 2.73. The third-order valence-electron chi connectivity index (χ3n) is 1.75. The van der Waals surface area contributed by atoms with Crippen molar-refractivity contribution in [2.45, 2.75) is 6.04 Å². The van der Waals surface area contributed by atoms with Crippen molar-refractivity contribution in [3.63, 3.8) is 0 Å². The first-order valence-electron chi connectivity index (χ1n) is 3.86. The van der Waals surface area contributed by atoms with E-state index in [0.717, 1.165) is 19.8 Å². The minimum absolute atomic E-state index is 0.183. The third-order valence-corrected chi connectivity index (χ3v) is 3.93. The molecule has 1 atom stereocenters. The normalized spacial score (nSPS) is 13.1. The van der Waals surface area contributed by atoms with E-state index in [-0.39, 0.29) is 6.04 Å². The molecular weight excluding hydrogens is 330 g/mol. The SMILES string of the molecule is NC(c1ncc(Br)[nH]1)c1cc(Br)cs1. The monoisotopic (exact) mass is 335 g/mol. The van der Waals surface area contributed by atoms with Crippen molar-refractivity contribution in [1.29, 1.82) is 0 Å². The fraction of sp³-hybridized carbons (Fsp3) is 0.125. The first-order valence-corrected chi connectivity index (χ1v) is 6.33. The van der Waals surface area contributed by atoms with E-state index in [4.69, 9.17) is 5.73 Å². The molecule has 2 heterocycles. The standard InChI is InChI=1S/C8H7Br2N3S/c9-4-1-5(14-3-4)7(11)8-12-2-6(10)13-8/h1-3,7H,11H2,(H,12,13). The van der Waals surface area contributed by atoms with E-state index in [1.54, 1.807) is 17.5 Å². The lowest BCUT2D eigenvalue weighted by Gasteiger charge is -2.04. The highest BCUT2D eigenvalue weighted by atomic mass is 79.9.